The van der Waals surface area contributed by atoms with Gasteiger partial charge in [0.15, 0.2) is 25.5 Å². The Balaban J connectivity index is 1.55. The van der Waals surface area contributed by atoms with Crippen molar-refractivity contribution in [3.63, 3.8) is 0 Å². The van der Waals surface area contributed by atoms with Gasteiger partial charge in [-0.2, -0.15) is 0 Å². The van der Waals surface area contributed by atoms with Crippen LogP contribution in [0.3, 0.4) is 0 Å². The van der Waals surface area contributed by atoms with Gasteiger partial charge in [0.1, 0.15) is 64.8 Å². The van der Waals surface area contributed by atoms with Gasteiger partial charge >= 0.3 is 0 Å². The topological polar surface area (TPSA) is 471 Å². The Bertz CT molecular complexity index is 2610. The molecule has 0 saturated carbocycles. The lowest BCUT2D eigenvalue weighted by atomic mass is 9.82. The Morgan fingerprint density at radius 1 is 0.400 bits per heavy atom. The summed E-state index contributed by atoms with van der Waals surface area (Å²) in [5.74, 6) is -2.44. The second-order valence-electron chi connectivity index (χ2n) is 32.9. The average Bonchev–Trinajstić information content (AvgIpc) is 0.784. The van der Waals surface area contributed by atoms with E-state index in [0.717, 1.165) is 57.8 Å². The predicted octanol–water partition coefficient (Wildman–Crippen LogP) is 5.49. The summed E-state index contributed by atoms with van der Waals surface area (Å²) < 4.78 is 52.8. The molecule has 115 heavy (non-hydrogen) atoms. The van der Waals surface area contributed by atoms with Gasteiger partial charge in [-0.25, -0.2) is 0 Å². The monoisotopic (exact) mass is 1650 g/mol. The summed E-state index contributed by atoms with van der Waals surface area (Å²) in [6.45, 7) is 12.4. The number of nitrogens with one attached hydrogen (secondary N) is 4. The summed E-state index contributed by atoms with van der Waals surface area (Å²) in [6.07, 6.45) is 10.0. The maximum absolute atomic E-state index is 14.0. The van der Waals surface area contributed by atoms with Crippen molar-refractivity contribution in [2.45, 2.75) is 346 Å². The summed E-state index contributed by atoms with van der Waals surface area (Å²) in [7, 11) is 0. The van der Waals surface area contributed by atoms with Gasteiger partial charge < -0.3 is 115 Å². The Kier molecular flexibility index (Phi) is 55.2. The number of ether oxygens (including phenoxy) is 9. The van der Waals surface area contributed by atoms with Crippen LogP contribution in [0.2, 0.25) is 0 Å². The number of hydrogen-bond donors (Lipinski definition) is 13. The zero-order valence-electron chi connectivity index (χ0n) is 70.3. The zero-order chi connectivity index (χ0) is 84.9. The van der Waals surface area contributed by atoms with Crippen molar-refractivity contribution in [3.05, 3.63) is 0 Å². The first-order chi connectivity index (χ1) is 55.0. The van der Waals surface area contributed by atoms with Crippen LogP contribution in [0.25, 0.3) is 0 Å². The van der Waals surface area contributed by atoms with Gasteiger partial charge in [0.25, 0.3) is 5.91 Å². The van der Waals surface area contributed by atoms with Crippen LogP contribution in [0.4, 0.5) is 0 Å². The third-order valence-corrected chi connectivity index (χ3v) is 21.1. The number of hydrogen-bond acceptors (Lipinski definition) is 28. The molecule has 0 aromatic heterocycles. The van der Waals surface area contributed by atoms with E-state index in [0.29, 0.717) is 129 Å². The maximum atomic E-state index is 14.0. The van der Waals surface area contributed by atoms with Crippen LogP contribution in [0.1, 0.15) is 267 Å². The second kappa shape index (κ2) is 60.7. The van der Waals surface area contributed by atoms with Crippen molar-refractivity contribution < 1.29 is 132 Å². The molecule has 668 valence electrons. The molecule has 0 radical (unpaired) electrons. The van der Waals surface area contributed by atoms with Crippen molar-refractivity contribution in [3.8, 4) is 0 Å². The van der Waals surface area contributed by atoms with Crippen LogP contribution in [0, 0.1) is 23.2 Å². The van der Waals surface area contributed by atoms with E-state index >= 15 is 0 Å². The number of aliphatic hydroxyl groups is 9. The number of carbonyl (C=O) groups excluding carboxylic acids is 8. The van der Waals surface area contributed by atoms with Crippen LogP contribution in [-0.4, -0.2) is 283 Å². The van der Waals surface area contributed by atoms with E-state index in [-0.39, 0.29) is 170 Å². The van der Waals surface area contributed by atoms with Crippen LogP contribution in [-0.2, 0) is 85.8 Å². The molecule has 32 nitrogen and oxygen atoms in total. The Morgan fingerprint density at radius 3 is 1.18 bits per heavy atom. The van der Waals surface area contributed by atoms with Gasteiger partial charge in [-0.05, 0) is 90.4 Å². The summed E-state index contributed by atoms with van der Waals surface area (Å²) in [5.41, 5.74) is -3.09. The van der Waals surface area contributed by atoms with Crippen LogP contribution >= 0.6 is 0 Å². The normalized spacial score (nSPS) is 25.0. The molecule has 3 saturated heterocycles. The predicted molar refractivity (Wildman–Crippen MR) is 427 cm³/mol. The van der Waals surface area contributed by atoms with E-state index in [1.807, 2.05) is 20.8 Å². The Labute approximate surface area is 682 Å². The van der Waals surface area contributed by atoms with E-state index in [2.05, 4.69) is 26.4 Å². The summed E-state index contributed by atoms with van der Waals surface area (Å²) >= 11 is 0. The first-order valence-corrected chi connectivity index (χ1v) is 42.8. The molecule has 3 fully saturated rings. The van der Waals surface area contributed by atoms with Gasteiger partial charge in [-0.1, -0.05) is 111 Å². The number of aliphatic hydroxyl groups excluding tert-OH is 8. The molecule has 0 bridgehead atoms. The largest absolute Gasteiger partial charge is 0.394 e. The van der Waals surface area contributed by atoms with Gasteiger partial charge in [-0.3, -0.25) is 38.4 Å². The average molecular weight is 1650 g/mol. The minimum Gasteiger partial charge on any atom is -0.394 e. The molecule has 0 spiro atoms. The van der Waals surface area contributed by atoms with Crippen molar-refractivity contribution in [2.24, 2.45) is 28.3 Å². The first kappa shape index (κ1) is 104. The highest BCUT2D eigenvalue weighted by atomic mass is 16.7. The fourth-order valence-electron chi connectivity index (χ4n) is 13.6. The minimum atomic E-state index is -1.64. The Hall–Kier alpha value is -4.69. The van der Waals surface area contributed by atoms with Crippen LogP contribution < -0.4 is 21.3 Å². The molecule has 15 atom stereocenters. The molecular formula is C83H149N5O27. The van der Waals surface area contributed by atoms with Gasteiger partial charge in [-0.15, -0.1) is 0 Å². The highest BCUT2D eigenvalue weighted by molar-refractivity contribution is 5.80. The number of nitrogens with zero attached hydrogens (tertiary/aromatic N) is 1. The number of oxime groups is 1. The van der Waals surface area contributed by atoms with Gasteiger partial charge in [0.05, 0.1) is 77.8 Å². The lowest BCUT2D eigenvalue weighted by Gasteiger charge is -2.46. The molecule has 0 aromatic carbocycles. The standard InChI is InChI=1S/C83H149N5O27/c1-59-73(100)75(102)66(51-89)113-78(59)109-45-27-23-35-62(92)31-18-16-20-33-64(94)39-48-106-56-83(88-71(98)38-22-14-12-10-8-9-11-13-15-26-42-86-72(99)54-112-87-55-81(4,5)6,57-107-49-40-65(95)34-21-17-19-32-63(93)36-24-28-46-110-79-60(2)74(101)76(103)67(52-90)114-79)58-108-50-41-70(97)85-44-30-43-84-69(96)37-25-29-47-111-80-61(3)77(104)82(7,105)68(53-91)115-80/h55,59-61,66-68,73-80,89-91,100-105H,8-54,56-58H2,1-7H3,(H,84,96)(H,85,97)(H,86,99)(H,88,98)/t59-,60-,61-,66?,67?,68?,73?,74?,75-,76-,77?,78+,79+,80+,82-,83?/m1/s1. The van der Waals surface area contributed by atoms with Crippen LogP contribution in [0.15, 0.2) is 5.16 Å². The SMILES string of the molecule is C[C@@H]1C(O)[C@H](O)C(CO)O[C@@H]1OCCCCC(=O)CCCCCC(=O)CCOCC(COCCC(=O)CCCCCC(=O)CCCCO[C@H]1OC(CO)[C@@H](O)C(O)[C@H]1C)(COCCC(=O)NCCCNC(=O)CCCCO[C@H]1OC(CO)[C@@](C)(O)C(O)[C@H]1C)NC(=O)CCCCCCCCCCCCNC(=O)CON=CC(C)(C)C. The highest BCUT2D eigenvalue weighted by Crippen LogP contribution is 2.35. The quantitative estimate of drug-likeness (QED) is 0.0203. The number of unbranched alkanes of at least 4 members (excludes halogenated alkanes) is 16. The van der Waals surface area contributed by atoms with E-state index in [1.165, 1.54) is 6.92 Å². The van der Waals surface area contributed by atoms with E-state index in [4.69, 9.17) is 47.5 Å². The third-order valence-electron chi connectivity index (χ3n) is 21.1. The van der Waals surface area contributed by atoms with E-state index in [1.54, 1.807) is 27.0 Å². The Morgan fingerprint density at radius 2 is 0.748 bits per heavy atom. The molecule has 13 N–H and O–H groups in total. The fraction of sp³-hybridized carbons (Fsp3) is 0.892. The molecule has 6 unspecified atom stereocenters. The number of Topliss-reactive ketones (excluding diaryl/α,β-unsaturated/α-hetero) is 4. The third kappa shape index (κ3) is 45.5. The molecule has 32 heteroatoms. The molecule has 0 aromatic rings. The van der Waals surface area contributed by atoms with Gasteiger partial charge in [0, 0.05) is 139 Å². The molecular weight excluding hydrogens is 1500 g/mol. The molecule has 0 aliphatic carbocycles. The minimum absolute atomic E-state index is 0.0119. The summed E-state index contributed by atoms with van der Waals surface area (Å²) in [4.78, 5) is 109. The van der Waals surface area contributed by atoms with Crippen molar-refractivity contribution in [2.75, 3.05) is 106 Å². The van der Waals surface area contributed by atoms with Gasteiger partial charge in [0.2, 0.25) is 17.7 Å². The second-order valence-corrected chi connectivity index (χ2v) is 32.9. The number of amides is 4. The molecule has 4 amide bonds. The molecule has 3 rings (SSSR count). The number of ketones is 4. The smallest absolute Gasteiger partial charge is 0.260 e. The van der Waals surface area contributed by atoms with E-state index in [9.17, 15) is 84.3 Å². The molecule has 3 aliphatic heterocycles. The van der Waals surface area contributed by atoms with Crippen LogP contribution in [0.5, 0.6) is 0 Å². The van der Waals surface area contributed by atoms with Crippen molar-refractivity contribution in [1.29, 1.82) is 0 Å². The number of carbonyl (C=O) groups is 8. The lowest BCUT2D eigenvalue weighted by Crippen LogP contribution is -2.62. The number of rotatable bonds is 69. The molecule has 3 heterocycles. The van der Waals surface area contributed by atoms with Crippen molar-refractivity contribution >= 4 is 53.0 Å². The highest BCUT2D eigenvalue weighted by Gasteiger charge is 2.51. The maximum Gasteiger partial charge on any atom is 0.260 e. The lowest BCUT2D eigenvalue weighted by molar-refractivity contribution is -0.311. The van der Waals surface area contributed by atoms with E-state index < -0.39 is 116 Å². The first-order valence-electron chi connectivity index (χ1n) is 42.8. The molecule has 3 aliphatic rings. The fourth-order valence-corrected chi connectivity index (χ4v) is 13.6. The van der Waals surface area contributed by atoms with Crippen molar-refractivity contribution in [1.82, 2.24) is 21.3 Å². The zero-order valence-corrected chi connectivity index (χ0v) is 70.3. The summed E-state index contributed by atoms with van der Waals surface area (Å²) in [5, 5.41) is 106. The summed E-state index contributed by atoms with van der Waals surface area (Å²) in [6, 6.07) is 0.